The second kappa shape index (κ2) is 7.75. The number of phenolic OH excluding ortho intramolecular Hbond substituents is 1. The lowest BCUT2D eigenvalue weighted by Gasteiger charge is -2.34. The second-order valence-electron chi connectivity index (χ2n) is 7.35. The predicted molar refractivity (Wildman–Crippen MR) is 107 cm³/mol. The Balaban J connectivity index is 1.42. The largest absolute Gasteiger partial charge is 0.508 e. The summed E-state index contributed by atoms with van der Waals surface area (Å²) in [7, 11) is 0. The van der Waals surface area contributed by atoms with E-state index in [1.54, 1.807) is 53.4 Å². The van der Waals surface area contributed by atoms with E-state index in [0.717, 1.165) is 5.56 Å². The van der Waals surface area contributed by atoms with E-state index in [0.29, 0.717) is 30.0 Å². The smallest absolute Gasteiger partial charge is 0.251 e. The van der Waals surface area contributed by atoms with Gasteiger partial charge in [-0.3, -0.25) is 14.4 Å². The molecule has 150 valence electrons. The molecule has 0 spiro atoms. The summed E-state index contributed by atoms with van der Waals surface area (Å²) in [6, 6.07) is 11.5. The number of hydrogen-bond donors (Lipinski definition) is 3. The Labute approximate surface area is 172 Å². The van der Waals surface area contributed by atoms with E-state index in [1.807, 2.05) is 0 Å². The number of nitrogens with zero attached hydrogens (tertiary/aromatic N) is 1. The summed E-state index contributed by atoms with van der Waals surface area (Å²) < 4.78 is 0. The predicted octanol–water partition coefficient (Wildman–Crippen LogP) is 1.49. The Hall–Kier alpha value is -3.06. The van der Waals surface area contributed by atoms with Crippen molar-refractivity contribution in [1.82, 2.24) is 15.5 Å². The van der Waals surface area contributed by atoms with Crippen LogP contribution in [0.4, 0.5) is 0 Å². The summed E-state index contributed by atoms with van der Waals surface area (Å²) in [4.78, 5) is 39.4. The van der Waals surface area contributed by atoms with E-state index in [-0.39, 0.29) is 29.5 Å². The van der Waals surface area contributed by atoms with E-state index in [1.165, 1.54) is 0 Å². The Bertz CT molecular complexity index is 945. The van der Waals surface area contributed by atoms with Crippen LogP contribution >= 0.6 is 11.6 Å². The molecule has 2 aromatic rings. The molecule has 4 rings (SSSR count). The number of rotatable bonds is 4. The molecule has 3 amide bonds. The first-order valence-electron chi connectivity index (χ1n) is 9.36. The molecule has 2 fully saturated rings. The van der Waals surface area contributed by atoms with Gasteiger partial charge in [-0.05, 0) is 48.4 Å². The maximum atomic E-state index is 12.9. The quantitative estimate of drug-likeness (QED) is 0.707. The zero-order chi connectivity index (χ0) is 20.5. The molecular weight excluding hydrogens is 394 g/mol. The minimum atomic E-state index is -0.658. The van der Waals surface area contributed by atoms with E-state index in [9.17, 15) is 19.5 Å². The van der Waals surface area contributed by atoms with Gasteiger partial charge in [0.25, 0.3) is 5.91 Å². The van der Waals surface area contributed by atoms with E-state index < -0.39 is 12.1 Å². The minimum absolute atomic E-state index is 0.145. The lowest BCUT2D eigenvalue weighted by atomic mass is 10.0. The number of halogens is 1. The van der Waals surface area contributed by atoms with Crippen LogP contribution in [-0.4, -0.2) is 52.4 Å². The molecule has 0 saturated carbocycles. The van der Waals surface area contributed by atoms with Gasteiger partial charge < -0.3 is 20.6 Å². The first-order valence-corrected chi connectivity index (χ1v) is 9.73. The van der Waals surface area contributed by atoms with Gasteiger partial charge in [-0.1, -0.05) is 23.7 Å². The Kier molecular flexibility index (Phi) is 5.15. The van der Waals surface area contributed by atoms with Crippen LogP contribution in [0.2, 0.25) is 5.02 Å². The molecule has 2 aromatic carbocycles. The molecule has 0 unspecified atom stereocenters. The molecule has 0 aliphatic carbocycles. The van der Waals surface area contributed by atoms with Gasteiger partial charge >= 0.3 is 0 Å². The van der Waals surface area contributed by atoms with Gasteiger partial charge in [-0.2, -0.15) is 0 Å². The topological polar surface area (TPSA) is 98.7 Å². The fraction of sp³-hybridized carbons (Fsp3) is 0.286. The number of amides is 3. The van der Waals surface area contributed by atoms with Crippen LogP contribution in [0, 0.1) is 0 Å². The third-order valence-electron chi connectivity index (χ3n) is 5.32. The van der Waals surface area contributed by atoms with E-state index >= 15 is 0 Å². The lowest BCUT2D eigenvalue weighted by molar-refractivity contribution is -0.147. The molecule has 3 N–H and O–H groups in total. The Morgan fingerprint density at radius 2 is 1.83 bits per heavy atom. The molecule has 2 heterocycles. The lowest BCUT2D eigenvalue weighted by Crippen LogP contribution is -2.61. The first kappa shape index (κ1) is 19.3. The number of nitrogens with one attached hydrogen (secondary N) is 2. The summed E-state index contributed by atoms with van der Waals surface area (Å²) in [5, 5.41) is 15.6. The Morgan fingerprint density at radius 3 is 2.52 bits per heavy atom. The molecule has 0 bridgehead atoms. The van der Waals surface area contributed by atoms with Gasteiger partial charge in [0.1, 0.15) is 17.8 Å². The van der Waals surface area contributed by atoms with Gasteiger partial charge in [-0.25, -0.2) is 0 Å². The van der Waals surface area contributed by atoms with Gasteiger partial charge in [-0.15, -0.1) is 0 Å². The Morgan fingerprint density at radius 1 is 1.14 bits per heavy atom. The fourth-order valence-electron chi connectivity index (χ4n) is 3.84. The van der Waals surface area contributed by atoms with Crippen molar-refractivity contribution >= 4 is 29.3 Å². The zero-order valence-corrected chi connectivity index (χ0v) is 16.2. The van der Waals surface area contributed by atoms with Gasteiger partial charge in [0.05, 0.1) is 0 Å². The molecule has 2 saturated heterocycles. The van der Waals surface area contributed by atoms with Crippen LogP contribution in [0.1, 0.15) is 22.3 Å². The second-order valence-corrected chi connectivity index (χ2v) is 7.79. The number of carbonyl (C=O) groups is 3. The van der Waals surface area contributed by atoms with E-state index in [2.05, 4.69) is 10.6 Å². The maximum absolute atomic E-state index is 12.9. The van der Waals surface area contributed by atoms with Crippen molar-refractivity contribution in [1.29, 1.82) is 0 Å². The monoisotopic (exact) mass is 413 g/mol. The maximum Gasteiger partial charge on any atom is 0.251 e. The van der Waals surface area contributed by atoms with Crippen LogP contribution in [-0.2, 0) is 16.0 Å². The van der Waals surface area contributed by atoms with Crippen molar-refractivity contribution < 1.29 is 19.5 Å². The van der Waals surface area contributed by atoms with Crippen LogP contribution in [0.3, 0.4) is 0 Å². The summed E-state index contributed by atoms with van der Waals surface area (Å²) in [6.07, 6.45) is 0.721. The highest BCUT2D eigenvalue weighted by atomic mass is 35.5. The number of benzene rings is 2. The summed E-state index contributed by atoms with van der Waals surface area (Å²) in [5.41, 5.74) is 1.31. The van der Waals surface area contributed by atoms with Crippen LogP contribution in [0.15, 0.2) is 48.5 Å². The number of aromatic hydroxyl groups is 1. The van der Waals surface area contributed by atoms with Crippen molar-refractivity contribution in [2.45, 2.75) is 31.0 Å². The van der Waals surface area contributed by atoms with Crippen molar-refractivity contribution in [2.24, 2.45) is 0 Å². The molecule has 7 nitrogen and oxygen atoms in total. The third-order valence-corrected chi connectivity index (χ3v) is 5.57. The van der Waals surface area contributed by atoms with Gasteiger partial charge in [0, 0.05) is 29.6 Å². The highest BCUT2D eigenvalue weighted by Crippen LogP contribution is 2.24. The van der Waals surface area contributed by atoms with Crippen LogP contribution < -0.4 is 10.6 Å². The molecule has 0 radical (unpaired) electrons. The summed E-state index contributed by atoms with van der Waals surface area (Å²) in [6.45, 7) is 0.294. The number of piperazine rings is 1. The average molecular weight is 414 g/mol. The van der Waals surface area contributed by atoms with Gasteiger partial charge in [0.15, 0.2) is 0 Å². The highest BCUT2D eigenvalue weighted by Gasteiger charge is 2.46. The molecule has 0 aromatic heterocycles. The number of phenols is 1. The fourth-order valence-corrected chi connectivity index (χ4v) is 3.96. The normalized spacial score (nSPS) is 23.5. The first-order chi connectivity index (χ1) is 13.9. The van der Waals surface area contributed by atoms with Crippen LogP contribution in [0.5, 0.6) is 5.75 Å². The SMILES string of the molecule is O=C(N[C@H]1C[C@H]2C(=O)N[C@H](Cc3ccc(O)cc3)C(=O)N2C1)c1ccc(Cl)cc1. The standard InChI is InChI=1S/C21H20ClN3O4/c22-14-5-3-13(4-6-14)19(27)23-15-10-18-20(28)24-17(21(29)25(18)11-15)9-12-1-7-16(26)8-2-12/h1-8,15,17-18,26H,9-11H2,(H,23,27)(H,24,28)/t15-,17+,18-/m0/s1. The highest BCUT2D eigenvalue weighted by molar-refractivity contribution is 6.30. The zero-order valence-electron chi connectivity index (χ0n) is 15.5. The molecule has 3 atom stereocenters. The summed E-state index contributed by atoms with van der Waals surface area (Å²) in [5.74, 6) is -0.491. The van der Waals surface area contributed by atoms with Crippen molar-refractivity contribution in [3.63, 3.8) is 0 Å². The number of fused-ring (bicyclic) bond motifs is 1. The van der Waals surface area contributed by atoms with E-state index in [4.69, 9.17) is 11.6 Å². The molecule has 2 aliphatic heterocycles. The molecule has 8 heteroatoms. The molecule has 2 aliphatic rings. The minimum Gasteiger partial charge on any atom is -0.508 e. The van der Waals surface area contributed by atoms with Crippen molar-refractivity contribution in [3.05, 3.63) is 64.7 Å². The van der Waals surface area contributed by atoms with Crippen LogP contribution in [0.25, 0.3) is 0 Å². The van der Waals surface area contributed by atoms with Crippen molar-refractivity contribution in [3.8, 4) is 5.75 Å². The number of hydrogen-bond acceptors (Lipinski definition) is 4. The molecule has 29 heavy (non-hydrogen) atoms. The summed E-state index contributed by atoms with van der Waals surface area (Å²) >= 11 is 5.85. The third kappa shape index (κ3) is 4.05. The van der Waals surface area contributed by atoms with Crippen molar-refractivity contribution in [2.75, 3.05) is 6.54 Å². The van der Waals surface area contributed by atoms with Gasteiger partial charge in [0.2, 0.25) is 11.8 Å². The average Bonchev–Trinajstić information content (AvgIpc) is 3.13. The molecular formula is C21H20ClN3O4. The number of carbonyl (C=O) groups excluding carboxylic acids is 3.